The van der Waals surface area contributed by atoms with Crippen molar-refractivity contribution in [2.24, 2.45) is 0 Å². The fourth-order valence-electron chi connectivity index (χ4n) is 1.71. The van der Waals surface area contributed by atoms with Gasteiger partial charge in [0.25, 0.3) is 5.69 Å². The fourth-order valence-corrected chi connectivity index (χ4v) is 1.71. The topological polar surface area (TPSA) is 43.1 Å². The van der Waals surface area contributed by atoms with Crippen LogP contribution in [0.3, 0.4) is 0 Å². The highest BCUT2D eigenvalue weighted by molar-refractivity contribution is 5.56. The van der Waals surface area contributed by atoms with E-state index in [0.29, 0.717) is 5.56 Å². The lowest BCUT2D eigenvalue weighted by molar-refractivity contribution is -0.385. The number of benzene rings is 2. The van der Waals surface area contributed by atoms with E-state index in [-0.39, 0.29) is 10.6 Å². The second-order valence-electron chi connectivity index (χ2n) is 4.33. The Bertz CT molecular complexity index is 679. The van der Waals surface area contributed by atoms with Crippen LogP contribution < -0.4 is 0 Å². The number of rotatable bonds is 1. The van der Waals surface area contributed by atoms with Crippen LogP contribution in [0.4, 0.5) is 5.69 Å². The third-order valence-electron chi connectivity index (χ3n) is 2.92. The Hall–Kier alpha value is -2.60. The number of hydrogen-bond acceptors (Lipinski definition) is 2. The Morgan fingerprint density at radius 3 is 2.26 bits per heavy atom. The number of nitro benzene ring substituents is 1. The zero-order valence-electron chi connectivity index (χ0n) is 10.8. The van der Waals surface area contributed by atoms with E-state index < -0.39 is 0 Å². The minimum atomic E-state index is -0.387. The summed E-state index contributed by atoms with van der Waals surface area (Å²) in [6.45, 7) is 3.78. The quantitative estimate of drug-likeness (QED) is 0.441. The van der Waals surface area contributed by atoms with Gasteiger partial charge in [-0.3, -0.25) is 10.1 Å². The highest BCUT2D eigenvalue weighted by Gasteiger charge is 2.13. The van der Waals surface area contributed by atoms with Crippen LogP contribution in [-0.4, -0.2) is 4.92 Å². The van der Waals surface area contributed by atoms with E-state index in [1.54, 1.807) is 12.1 Å². The summed E-state index contributed by atoms with van der Waals surface area (Å²) in [6.07, 6.45) is 0. The van der Waals surface area contributed by atoms with Gasteiger partial charge in [-0.15, -0.1) is 0 Å². The Kier molecular flexibility index (Phi) is 3.63. The summed E-state index contributed by atoms with van der Waals surface area (Å²) in [6, 6.07) is 12.8. The third kappa shape index (κ3) is 2.99. The van der Waals surface area contributed by atoms with Gasteiger partial charge in [0.2, 0.25) is 0 Å². The Balaban J connectivity index is 2.48. The number of nitrogens with zero attached hydrogens (tertiary/aromatic N) is 1. The molecule has 0 amide bonds. The second kappa shape index (κ2) is 5.36. The molecule has 0 aromatic heterocycles. The molecule has 2 aromatic rings. The van der Waals surface area contributed by atoms with Crippen molar-refractivity contribution in [3.05, 3.63) is 74.8 Å². The summed E-state index contributed by atoms with van der Waals surface area (Å²) in [4.78, 5) is 10.6. The first-order valence-corrected chi connectivity index (χ1v) is 5.90. The van der Waals surface area contributed by atoms with Gasteiger partial charge < -0.3 is 0 Å². The standard InChI is InChI=1S/C16H13NO2/c1-12-10-15(16(17(18)19)11-13(12)2)9-8-14-6-4-3-5-7-14/h3-7,10-11H,1-2H3. The van der Waals surface area contributed by atoms with Gasteiger partial charge in [-0.05, 0) is 43.2 Å². The molecule has 0 heterocycles. The molecule has 2 rings (SSSR count). The highest BCUT2D eigenvalue weighted by Crippen LogP contribution is 2.22. The maximum absolute atomic E-state index is 11.0. The lowest BCUT2D eigenvalue weighted by Gasteiger charge is -2.01. The van der Waals surface area contributed by atoms with Crippen molar-refractivity contribution in [1.82, 2.24) is 0 Å². The molecular formula is C16H13NO2. The van der Waals surface area contributed by atoms with E-state index in [2.05, 4.69) is 11.8 Å². The predicted octanol–water partition coefficient (Wildman–Crippen LogP) is 3.61. The highest BCUT2D eigenvalue weighted by atomic mass is 16.6. The van der Waals surface area contributed by atoms with E-state index in [9.17, 15) is 10.1 Å². The molecule has 94 valence electrons. The average molecular weight is 251 g/mol. The third-order valence-corrected chi connectivity index (χ3v) is 2.92. The van der Waals surface area contributed by atoms with Crippen molar-refractivity contribution in [3.8, 4) is 11.8 Å². The molecule has 3 nitrogen and oxygen atoms in total. The first-order chi connectivity index (χ1) is 9.08. The first-order valence-electron chi connectivity index (χ1n) is 5.90. The monoisotopic (exact) mass is 251 g/mol. The van der Waals surface area contributed by atoms with Crippen LogP contribution in [0.15, 0.2) is 42.5 Å². The maximum Gasteiger partial charge on any atom is 0.285 e. The van der Waals surface area contributed by atoms with Gasteiger partial charge >= 0.3 is 0 Å². The molecule has 2 aromatic carbocycles. The second-order valence-corrected chi connectivity index (χ2v) is 4.33. The summed E-state index contributed by atoms with van der Waals surface area (Å²) in [5.41, 5.74) is 3.26. The van der Waals surface area contributed by atoms with Crippen molar-refractivity contribution < 1.29 is 4.92 Å². The van der Waals surface area contributed by atoms with Crippen LogP contribution in [0, 0.1) is 35.8 Å². The zero-order chi connectivity index (χ0) is 13.8. The molecule has 0 unspecified atom stereocenters. The largest absolute Gasteiger partial charge is 0.285 e. The van der Waals surface area contributed by atoms with E-state index in [1.807, 2.05) is 44.2 Å². The van der Waals surface area contributed by atoms with Gasteiger partial charge in [0.05, 0.1) is 4.92 Å². The van der Waals surface area contributed by atoms with Crippen molar-refractivity contribution in [3.63, 3.8) is 0 Å². The van der Waals surface area contributed by atoms with Crippen LogP contribution in [0.5, 0.6) is 0 Å². The van der Waals surface area contributed by atoms with Crippen LogP contribution in [0.1, 0.15) is 22.3 Å². The van der Waals surface area contributed by atoms with Crippen LogP contribution in [0.2, 0.25) is 0 Å². The molecule has 0 fully saturated rings. The molecule has 0 bridgehead atoms. The van der Waals surface area contributed by atoms with E-state index in [4.69, 9.17) is 0 Å². The number of hydrogen-bond donors (Lipinski definition) is 0. The summed E-state index contributed by atoms with van der Waals surface area (Å²) in [5, 5.41) is 11.0. The van der Waals surface area contributed by atoms with Crippen LogP contribution in [0.25, 0.3) is 0 Å². The SMILES string of the molecule is Cc1cc(C#Cc2ccccc2)c([N+](=O)[O-])cc1C. The Morgan fingerprint density at radius 1 is 1.00 bits per heavy atom. The lowest BCUT2D eigenvalue weighted by Crippen LogP contribution is -1.95. The van der Waals surface area contributed by atoms with Crippen LogP contribution >= 0.6 is 0 Å². The predicted molar refractivity (Wildman–Crippen MR) is 75.0 cm³/mol. The van der Waals surface area contributed by atoms with Crippen molar-refractivity contribution >= 4 is 5.69 Å². The molecule has 0 saturated heterocycles. The van der Waals surface area contributed by atoms with E-state index >= 15 is 0 Å². The molecule has 19 heavy (non-hydrogen) atoms. The molecule has 0 atom stereocenters. The van der Waals surface area contributed by atoms with E-state index in [0.717, 1.165) is 16.7 Å². The number of nitro groups is 1. The maximum atomic E-state index is 11.0. The van der Waals surface area contributed by atoms with Gasteiger partial charge in [-0.1, -0.05) is 30.0 Å². The van der Waals surface area contributed by atoms with Gasteiger partial charge in [0.15, 0.2) is 0 Å². The first kappa shape index (κ1) is 12.8. The molecule has 0 aliphatic rings. The molecular weight excluding hydrogens is 238 g/mol. The molecule has 0 aliphatic carbocycles. The Morgan fingerprint density at radius 2 is 1.63 bits per heavy atom. The van der Waals surface area contributed by atoms with Crippen molar-refractivity contribution in [1.29, 1.82) is 0 Å². The summed E-state index contributed by atoms with van der Waals surface area (Å²) in [5.74, 6) is 5.84. The van der Waals surface area contributed by atoms with Gasteiger partial charge in [-0.2, -0.15) is 0 Å². The lowest BCUT2D eigenvalue weighted by atomic mass is 10.0. The fraction of sp³-hybridized carbons (Fsp3) is 0.125. The zero-order valence-corrected chi connectivity index (χ0v) is 10.8. The smallest absolute Gasteiger partial charge is 0.258 e. The summed E-state index contributed by atoms with van der Waals surface area (Å²) in [7, 11) is 0. The average Bonchev–Trinajstić information content (AvgIpc) is 2.40. The van der Waals surface area contributed by atoms with Crippen molar-refractivity contribution in [2.45, 2.75) is 13.8 Å². The minimum Gasteiger partial charge on any atom is -0.258 e. The molecule has 0 aliphatic heterocycles. The molecule has 0 spiro atoms. The van der Waals surface area contributed by atoms with Gasteiger partial charge in [0, 0.05) is 11.6 Å². The van der Waals surface area contributed by atoms with Gasteiger partial charge in [-0.25, -0.2) is 0 Å². The molecule has 0 N–H and O–H groups in total. The number of aryl methyl sites for hydroxylation is 2. The van der Waals surface area contributed by atoms with Gasteiger partial charge in [0.1, 0.15) is 5.56 Å². The van der Waals surface area contributed by atoms with E-state index in [1.165, 1.54) is 0 Å². The summed E-state index contributed by atoms with van der Waals surface area (Å²) < 4.78 is 0. The Labute approximate surface area is 112 Å². The minimum absolute atomic E-state index is 0.0616. The van der Waals surface area contributed by atoms with Crippen LogP contribution in [-0.2, 0) is 0 Å². The molecule has 0 radical (unpaired) electrons. The molecule has 0 saturated carbocycles. The summed E-state index contributed by atoms with van der Waals surface area (Å²) >= 11 is 0. The normalized spacial score (nSPS) is 9.58. The van der Waals surface area contributed by atoms with Crippen molar-refractivity contribution in [2.75, 3.05) is 0 Å². The molecule has 3 heteroatoms.